The van der Waals surface area contributed by atoms with Crippen LogP contribution in [0.5, 0.6) is 5.88 Å². The van der Waals surface area contributed by atoms with Crippen molar-refractivity contribution in [2.45, 2.75) is 26.3 Å². The van der Waals surface area contributed by atoms with E-state index in [4.69, 9.17) is 4.74 Å². The van der Waals surface area contributed by atoms with E-state index in [-0.39, 0.29) is 0 Å². The number of nitrogens with zero attached hydrogens (tertiary/aromatic N) is 3. The van der Waals surface area contributed by atoms with E-state index in [9.17, 15) is 0 Å². The highest BCUT2D eigenvalue weighted by Crippen LogP contribution is 2.21. The van der Waals surface area contributed by atoms with Gasteiger partial charge in [0.15, 0.2) is 0 Å². The summed E-state index contributed by atoms with van der Waals surface area (Å²) >= 11 is 0. The fraction of sp³-hybridized carbons (Fsp3) is 0.786. The average Bonchev–Trinajstić information content (AvgIpc) is 2.64. The molecule has 0 amide bonds. The van der Waals surface area contributed by atoms with Crippen LogP contribution in [0.25, 0.3) is 0 Å². The minimum absolute atomic E-state index is 0.765. The van der Waals surface area contributed by atoms with E-state index in [1.54, 1.807) is 11.8 Å². The number of hydrogen-bond donors (Lipinski definition) is 1. The summed E-state index contributed by atoms with van der Waals surface area (Å²) in [6.07, 6.45) is 2.65. The molecule has 1 atom stereocenters. The molecule has 0 aliphatic carbocycles. The predicted molar refractivity (Wildman–Crippen MR) is 76.4 cm³/mol. The van der Waals surface area contributed by atoms with Crippen LogP contribution in [0.1, 0.15) is 24.1 Å². The molecule has 0 spiro atoms. The Hall–Kier alpha value is -1.07. The summed E-state index contributed by atoms with van der Waals surface area (Å²) < 4.78 is 7.22. The lowest BCUT2D eigenvalue weighted by atomic mass is 9.98. The van der Waals surface area contributed by atoms with E-state index >= 15 is 0 Å². The van der Waals surface area contributed by atoms with Crippen molar-refractivity contribution in [1.82, 2.24) is 20.0 Å². The lowest BCUT2D eigenvalue weighted by Gasteiger charge is -2.29. The molecule has 1 aromatic rings. The molecule has 1 saturated heterocycles. The summed E-state index contributed by atoms with van der Waals surface area (Å²) in [7, 11) is 5.84. The van der Waals surface area contributed by atoms with Crippen LogP contribution in [0, 0.1) is 12.8 Å². The Morgan fingerprint density at radius 1 is 1.42 bits per heavy atom. The van der Waals surface area contributed by atoms with Crippen LogP contribution < -0.4 is 10.1 Å². The summed E-state index contributed by atoms with van der Waals surface area (Å²) in [5.74, 6) is 1.63. The van der Waals surface area contributed by atoms with Crippen LogP contribution in [-0.2, 0) is 13.6 Å². The molecule has 5 nitrogen and oxygen atoms in total. The zero-order valence-corrected chi connectivity index (χ0v) is 12.6. The highest BCUT2D eigenvalue weighted by Gasteiger charge is 2.18. The van der Waals surface area contributed by atoms with Crippen molar-refractivity contribution in [2.75, 3.05) is 33.8 Å². The van der Waals surface area contributed by atoms with Gasteiger partial charge in [-0.2, -0.15) is 5.10 Å². The maximum absolute atomic E-state index is 5.41. The van der Waals surface area contributed by atoms with Gasteiger partial charge in [-0.25, -0.2) is 4.68 Å². The van der Waals surface area contributed by atoms with E-state index in [0.717, 1.165) is 30.6 Å². The van der Waals surface area contributed by atoms with Crippen molar-refractivity contribution in [3.63, 3.8) is 0 Å². The molecular formula is C14H26N4O. The summed E-state index contributed by atoms with van der Waals surface area (Å²) in [5.41, 5.74) is 2.22. The molecule has 0 aromatic carbocycles. The lowest BCUT2D eigenvalue weighted by Crippen LogP contribution is -2.37. The zero-order chi connectivity index (χ0) is 13.8. The minimum atomic E-state index is 0.765. The van der Waals surface area contributed by atoms with Gasteiger partial charge in [-0.3, -0.25) is 0 Å². The van der Waals surface area contributed by atoms with Gasteiger partial charge in [0, 0.05) is 20.1 Å². The Labute approximate surface area is 115 Å². The molecule has 0 bridgehead atoms. The first kappa shape index (κ1) is 14.3. The SMILES string of the molecule is COc1c(CNCC2CCCN(C)C2)c(C)nn1C. The second-order valence-corrected chi connectivity index (χ2v) is 5.60. The first-order chi connectivity index (χ1) is 9.11. The van der Waals surface area contributed by atoms with E-state index in [2.05, 4.69) is 22.4 Å². The van der Waals surface area contributed by atoms with Crippen LogP contribution in [0.4, 0.5) is 0 Å². The molecule has 108 valence electrons. The Bertz CT molecular complexity index is 416. The second-order valence-electron chi connectivity index (χ2n) is 5.60. The zero-order valence-electron chi connectivity index (χ0n) is 12.6. The van der Waals surface area contributed by atoms with Crippen molar-refractivity contribution in [2.24, 2.45) is 13.0 Å². The number of piperidine rings is 1. The highest BCUT2D eigenvalue weighted by molar-refractivity contribution is 5.30. The van der Waals surface area contributed by atoms with Crippen LogP contribution in [0.15, 0.2) is 0 Å². The normalized spacial score (nSPS) is 20.7. The Balaban J connectivity index is 1.85. The van der Waals surface area contributed by atoms with Gasteiger partial charge in [0.25, 0.3) is 0 Å². The first-order valence-electron chi connectivity index (χ1n) is 7.07. The van der Waals surface area contributed by atoms with Crippen molar-refractivity contribution >= 4 is 0 Å². The van der Waals surface area contributed by atoms with E-state index in [1.807, 2.05) is 14.0 Å². The molecule has 2 heterocycles. The number of hydrogen-bond acceptors (Lipinski definition) is 4. The van der Waals surface area contributed by atoms with E-state index < -0.39 is 0 Å². The quantitative estimate of drug-likeness (QED) is 0.869. The van der Waals surface area contributed by atoms with Crippen LogP contribution in [0.3, 0.4) is 0 Å². The fourth-order valence-corrected chi connectivity index (χ4v) is 2.98. The number of methoxy groups -OCH3 is 1. The molecule has 1 aliphatic heterocycles. The molecule has 1 aromatic heterocycles. The standard InChI is InChI=1S/C14H26N4O/c1-11-13(14(19-4)18(3)16-11)9-15-8-12-6-5-7-17(2)10-12/h12,15H,5-10H2,1-4H3. The van der Waals surface area contributed by atoms with Crippen molar-refractivity contribution < 1.29 is 4.74 Å². The molecule has 19 heavy (non-hydrogen) atoms. The molecule has 5 heteroatoms. The van der Waals surface area contributed by atoms with Gasteiger partial charge >= 0.3 is 0 Å². The Morgan fingerprint density at radius 2 is 2.21 bits per heavy atom. The van der Waals surface area contributed by atoms with E-state index in [0.29, 0.717) is 0 Å². The lowest BCUT2D eigenvalue weighted by molar-refractivity contribution is 0.206. The monoisotopic (exact) mass is 266 g/mol. The molecular weight excluding hydrogens is 240 g/mol. The number of nitrogens with one attached hydrogen (secondary N) is 1. The summed E-state index contributed by atoms with van der Waals surface area (Å²) in [5, 5.41) is 7.96. The van der Waals surface area contributed by atoms with Crippen LogP contribution in [0.2, 0.25) is 0 Å². The molecule has 0 saturated carbocycles. The summed E-state index contributed by atoms with van der Waals surface area (Å²) in [6.45, 7) is 6.39. The van der Waals surface area contributed by atoms with Crippen LogP contribution >= 0.6 is 0 Å². The molecule has 0 radical (unpaired) electrons. The second kappa shape index (κ2) is 6.39. The Kier molecular flexibility index (Phi) is 4.82. The van der Waals surface area contributed by atoms with Gasteiger partial charge in [0.2, 0.25) is 5.88 Å². The van der Waals surface area contributed by atoms with Gasteiger partial charge < -0.3 is 15.0 Å². The first-order valence-corrected chi connectivity index (χ1v) is 7.07. The van der Waals surface area contributed by atoms with Gasteiger partial charge in [-0.05, 0) is 45.8 Å². The molecule has 1 fully saturated rings. The number of aromatic nitrogens is 2. The van der Waals surface area contributed by atoms with Gasteiger partial charge in [-0.15, -0.1) is 0 Å². The van der Waals surface area contributed by atoms with Gasteiger partial charge in [0.1, 0.15) is 0 Å². The van der Waals surface area contributed by atoms with Crippen molar-refractivity contribution in [3.05, 3.63) is 11.3 Å². The predicted octanol–water partition coefficient (Wildman–Crippen LogP) is 1.17. The average molecular weight is 266 g/mol. The fourth-order valence-electron chi connectivity index (χ4n) is 2.98. The van der Waals surface area contributed by atoms with Crippen molar-refractivity contribution in [3.8, 4) is 5.88 Å². The third-order valence-corrected chi connectivity index (χ3v) is 3.94. The van der Waals surface area contributed by atoms with Gasteiger partial charge in [0.05, 0.1) is 18.4 Å². The van der Waals surface area contributed by atoms with Crippen LogP contribution in [-0.4, -0.2) is 48.5 Å². The summed E-state index contributed by atoms with van der Waals surface area (Å²) in [4.78, 5) is 2.42. The number of rotatable bonds is 5. The minimum Gasteiger partial charge on any atom is -0.481 e. The maximum Gasteiger partial charge on any atom is 0.216 e. The summed E-state index contributed by atoms with van der Waals surface area (Å²) in [6, 6.07) is 0. The maximum atomic E-state index is 5.41. The Morgan fingerprint density at radius 3 is 2.89 bits per heavy atom. The smallest absolute Gasteiger partial charge is 0.216 e. The largest absolute Gasteiger partial charge is 0.481 e. The third-order valence-electron chi connectivity index (χ3n) is 3.94. The molecule has 1 N–H and O–H groups in total. The van der Waals surface area contributed by atoms with Gasteiger partial charge in [-0.1, -0.05) is 0 Å². The van der Waals surface area contributed by atoms with E-state index in [1.165, 1.54) is 31.5 Å². The van der Waals surface area contributed by atoms with Crippen molar-refractivity contribution in [1.29, 1.82) is 0 Å². The number of aryl methyl sites for hydroxylation is 2. The number of ether oxygens (including phenoxy) is 1. The highest BCUT2D eigenvalue weighted by atomic mass is 16.5. The third kappa shape index (κ3) is 3.48. The number of likely N-dealkylation sites (tertiary alicyclic amines) is 1. The molecule has 1 aliphatic rings. The molecule has 1 unspecified atom stereocenters. The topological polar surface area (TPSA) is 42.3 Å². The molecule has 2 rings (SSSR count).